The van der Waals surface area contributed by atoms with Gasteiger partial charge in [0.15, 0.2) is 5.11 Å². The van der Waals surface area contributed by atoms with E-state index in [1.165, 1.54) is 0 Å². The second-order valence-corrected chi connectivity index (χ2v) is 6.37. The third-order valence-electron chi connectivity index (χ3n) is 2.90. The average molecular weight is 295 g/mol. The van der Waals surface area contributed by atoms with Crippen LogP contribution < -0.4 is 15.5 Å². The van der Waals surface area contributed by atoms with Crippen LogP contribution in [0.25, 0.3) is 0 Å². The third-order valence-corrected chi connectivity index (χ3v) is 3.10. The van der Waals surface area contributed by atoms with Crippen molar-refractivity contribution in [2.75, 3.05) is 24.3 Å². The number of thiocarbonyl (C=S) groups is 1. The topological polar surface area (TPSA) is 47.5 Å². The molecule has 1 atom stereocenters. The molecule has 0 radical (unpaired) electrons. The van der Waals surface area contributed by atoms with E-state index in [1.54, 1.807) is 6.92 Å². The van der Waals surface area contributed by atoms with Crippen LogP contribution in [0.4, 0.5) is 11.4 Å². The minimum absolute atomic E-state index is 0.248. The first-order valence-corrected chi connectivity index (χ1v) is 7.15. The predicted octanol–water partition coefficient (Wildman–Crippen LogP) is 2.59. The number of aliphatic hydroxyl groups excluding tert-OH is 1. The molecule has 0 bridgehead atoms. The Balaban J connectivity index is 2.58. The van der Waals surface area contributed by atoms with Crippen molar-refractivity contribution in [1.82, 2.24) is 5.32 Å². The Morgan fingerprint density at radius 1 is 1.30 bits per heavy atom. The van der Waals surface area contributed by atoms with Gasteiger partial charge in [-0.3, -0.25) is 0 Å². The van der Waals surface area contributed by atoms with Gasteiger partial charge in [0.2, 0.25) is 0 Å². The summed E-state index contributed by atoms with van der Waals surface area (Å²) in [4.78, 5) is 2.05. The smallest absolute Gasteiger partial charge is 0.171 e. The lowest BCUT2D eigenvalue weighted by Gasteiger charge is -2.29. The van der Waals surface area contributed by atoms with Gasteiger partial charge in [0.05, 0.1) is 6.10 Å². The molecule has 0 amide bonds. The minimum atomic E-state index is -0.361. The number of rotatable bonds is 5. The SMILES string of the molecule is C[C@@H](O)CC(C)(C)NC(=S)Nc1ccc(N(C)C)cc1. The van der Waals surface area contributed by atoms with Crippen molar-refractivity contribution in [2.45, 2.75) is 38.8 Å². The zero-order valence-electron chi connectivity index (χ0n) is 12.9. The maximum absolute atomic E-state index is 9.46. The molecule has 1 rings (SSSR count). The molecule has 0 aromatic heterocycles. The molecular formula is C15H25N3OS. The second kappa shape index (κ2) is 6.90. The number of nitrogens with one attached hydrogen (secondary N) is 2. The zero-order chi connectivity index (χ0) is 15.3. The van der Waals surface area contributed by atoms with Crippen LogP contribution in [0.15, 0.2) is 24.3 Å². The molecule has 5 heteroatoms. The van der Waals surface area contributed by atoms with Crippen LogP contribution in [-0.4, -0.2) is 36.0 Å². The summed E-state index contributed by atoms with van der Waals surface area (Å²) >= 11 is 5.31. The first kappa shape index (κ1) is 16.7. The van der Waals surface area contributed by atoms with Gasteiger partial charge in [-0.2, -0.15) is 0 Å². The standard InChI is InChI=1S/C15H25N3OS/c1-11(19)10-15(2,3)17-14(20)16-12-6-8-13(9-7-12)18(4)5/h6-9,11,19H,10H2,1-5H3,(H2,16,17,20)/t11-/m1/s1. The molecule has 0 saturated carbocycles. The highest BCUT2D eigenvalue weighted by atomic mass is 32.1. The van der Waals surface area contributed by atoms with E-state index in [1.807, 2.05) is 57.1 Å². The number of benzene rings is 1. The summed E-state index contributed by atoms with van der Waals surface area (Å²) in [7, 11) is 4.01. The number of hydrogen-bond donors (Lipinski definition) is 3. The molecule has 1 aromatic carbocycles. The minimum Gasteiger partial charge on any atom is -0.393 e. The van der Waals surface area contributed by atoms with Crippen molar-refractivity contribution in [3.05, 3.63) is 24.3 Å². The van der Waals surface area contributed by atoms with Crippen molar-refractivity contribution in [3.8, 4) is 0 Å². The van der Waals surface area contributed by atoms with E-state index in [2.05, 4.69) is 10.6 Å². The summed E-state index contributed by atoms with van der Waals surface area (Å²) in [6, 6.07) is 8.05. The third kappa shape index (κ3) is 5.75. The molecule has 112 valence electrons. The monoisotopic (exact) mass is 295 g/mol. The van der Waals surface area contributed by atoms with Crippen LogP contribution in [-0.2, 0) is 0 Å². The number of aliphatic hydroxyl groups is 1. The van der Waals surface area contributed by atoms with Crippen LogP contribution in [0, 0.1) is 0 Å². The Labute approximate surface area is 127 Å². The Bertz CT molecular complexity index is 441. The van der Waals surface area contributed by atoms with E-state index in [4.69, 9.17) is 12.2 Å². The fourth-order valence-corrected chi connectivity index (χ4v) is 2.50. The molecule has 0 fully saturated rings. The molecule has 0 saturated heterocycles. The Morgan fingerprint density at radius 2 is 1.85 bits per heavy atom. The van der Waals surface area contributed by atoms with Crippen LogP contribution in [0.3, 0.4) is 0 Å². The van der Waals surface area contributed by atoms with E-state index in [9.17, 15) is 5.11 Å². The van der Waals surface area contributed by atoms with Gasteiger partial charge in [0, 0.05) is 31.0 Å². The molecule has 4 nitrogen and oxygen atoms in total. The van der Waals surface area contributed by atoms with Gasteiger partial charge in [0.25, 0.3) is 0 Å². The van der Waals surface area contributed by atoms with Crippen molar-refractivity contribution in [2.24, 2.45) is 0 Å². The molecule has 3 N–H and O–H groups in total. The first-order valence-electron chi connectivity index (χ1n) is 6.74. The summed E-state index contributed by atoms with van der Waals surface area (Å²) in [5.41, 5.74) is 1.84. The maximum atomic E-state index is 9.46. The van der Waals surface area contributed by atoms with Gasteiger partial charge >= 0.3 is 0 Å². The summed E-state index contributed by atoms with van der Waals surface area (Å²) in [5, 5.41) is 16.4. The molecule has 0 aliphatic heterocycles. The average Bonchev–Trinajstić information content (AvgIpc) is 2.26. The van der Waals surface area contributed by atoms with Crippen LogP contribution in [0.2, 0.25) is 0 Å². The fraction of sp³-hybridized carbons (Fsp3) is 0.533. The molecule has 0 aliphatic rings. The summed E-state index contributed by atoms with van der Waals surface area (Å²) in [6.45, 7) is 5.81. The highest BCUT2D eigenvalue weighted by molar-refractivity contribution is 7.80. The van der Waals surface area contributed by atoms with Gasteiger partial charge in [-0.1, -0.05) is 0 Å². The number of nitrogens with zero attached hydrogens (tertiary/aromatic N) is 1. The molecular weight excluding hydrogens is 270 g/mol. The van der Waals surface area contributed by atoms with E-state index in [0.29, 0.717) is 11.5 Å². The number of anilines is 2. The van der Waals surface area contributed by atoms with Gasteiger partial charge in [-0.05, 0) is 63.7 Å². The summed E-state index contributed by atoms with van der Waals surface area (Å²) in [6.07, 6.45) is 0.272. The normalized spacial score (nSPS) is 12.7. The first-order chi connectivity index (χ1) is 9.19. The maximum Gasteiger partial charge on any atom is 0.171 e. The lowest BCUT2D eigenvalue weighted by Crippen LogP contribution is -2.47. The van der Waals surface area contributed by atoms with Crippen molar-refractivity contribution < 1.29 is 5.11 Å². The van der Waals surface area contributed by atoms with Gasteiger partial charge in [0.1, 0.15) is 0 Å². The number of hydrogen-bond acceptors (Lipinski definition) is 3. The lowest BCUT2D eigenvalue weighted by atomic mass is 9.98. The van der Waals surface area contributed by atoms with Crippen LogP contribution in [0.1, 0.15) is 27.2 Å². The molecule has 0 unspecified atom stereocenters. The van der Waals surface area contributed by atoms with Gasteiger partial charge in [-0.25, -0.2) is 0 Å². The van der Waals surface area contributed by atoms with Crippen molar-refractivity contribution >= 4 is 28.7 Å². The summed E-state index contributed by atoms with van der Waals surface area (Å²) in [5.74, 6) is 0. The van der Waals surface area contributed by atoms with Crippen LogP contribution >= 0.6 is 12.2 Å². The predicted molar refractivity (Wildman–Crippen MR) is 90.5 cm³/mol. The van der Waals surface area contributed by atoms with E-state index in [0.717, 1.165) is 11.4 Å². The Morgan fingerprint density at radius 3 is 2.30 bits per heavy atom. The quantitative estimate of drug-likeness (QED) is 0.729. The molecule has 20 heavy (non-hydrogen) atoms. The van der Waals surface area contributed by atoms with E-state index < -0.39 is 0 Å². The Kier molecular flexibility index (Phi) is 5.77. The highest BCUT2D eigenvalue weighted by Crippen LogP contribution is 2.16. The fourth-order valence-electron chi connectivity index (χ4n) is 2.10. The van der Waals surface area contributed by atoms with Gasteiger partial charge < -0.3 is 20.6 Å². The molecule has 0 heterocycles. The van der Waals surface area contributed by atoms with Gasteiger partial charge in [-0.15, -0.1) is 0 Å². The Hall–Kier alpha value is -1.33. The lowest BCUT2D eigenvalue weighted by molar-refractivity contribution is 0.153. The molecule has 0 spiro atoms. The molecule has 1 aromatic rings. The van der Waals surface area contributed by atoms with E-state index >= 15 is 0 Å². The second-order valence-electron chi connectivity index (χ2n) is 5.96. The van der Waals surface area contributed by atoms with E-state index in [-0.39, 0.29) is 11.6 Å². The van der Waals surface area contributed by atoms with Crippen LogP contribution in [0.5, 0.6) is 0 Å². The largest absolute Gasteiger partial charge is 0.393 e. The highest BCUT2D eigenvalue weighted by Gasteiger charge is 2.20. The van der Waals surface area contributed by atoms with Crippen molar-refractivity contribution in [1.29, 1.82) is 0 Å². The van der Waals surface area contributed by atoms with Crippen molar-refractivity contribution in [3.63, 3.8) is 0 Å². The zero-order valence-corrected chi connectivity index (χ0v) is 13.7. The summed E-state index contributed by atoms with van der Waals surface area (Å²) < 4.78 is 0. The molecule has 0 aliphatic carbocycles.